The van der Waals surface area contributed by atoms with Gasteiger partial charge in [-0.25, -0.2) is 0 Å². The lowest BCUT2D eigenvalue weighted by molar-refractivity contribution is -0.118. The largest absolute Gasteiger partial charge is 0.504 e. The summed E-state index contributed by atoms with van der Waals surface area (Å²) in [6, 6.07) is 3.75. The van der Waals surface area contributed by atoms with Crippen molar-refractivity contribution in [3.05, 3.63) is 47.1 Å². The molecule has 1 atom stereocenters. The summed E-state index contributed by atoms with van der Waals surface area (Å²) in [6.45, 7) is 8.29. The Morgan fingerprint density at radius 3 is 2.52 bits per heavy atom. The first-order valence-electron chi connectivity index (χ1n) is 11.1. The minimum absolute atomic E-state index is 0.0532. The molecule has 0 aliphatic heterocycles. The van der Waals surface area contributed by atoms with Crippen LogP contribution in [0.1, 0.15) is 58.1 Å². The average molecular weight is 432 g/mol. The van der Waals surface area contributed by atoms with Gasteiger partial charge in [0.2, 0.25) is 0 Å². The molecule has 5 nitrogen and oxygen atoms in total. The molecule has 31 heavy (non-hydrogen) atoms. The number of phenolic OH excluding ortho intramolecular Hbond substituents is 1. The van der Waals surface area contributed by atoms with Crippen LogP contribution < -0.4 is 4.74 Å². The van der Waals surface area contributed by atoms with Crippen LogP contribution in [0.4, 0.5) is 0 Å². The van der Waals surface area contributed by atoms with Crippen LogP contribution in [-0.4, -0.2) is 54.2 Å². The molecule has 0 heterocycles. The monoisotopic (exact) mass is 431 g/mol. The third kappa shape index (κ3) is 10.7. The summed E-state index contributed by atoms with van der Waals surface area (Å²) in [7, 11) is 5.67. The SMILES string of the molecule is COc1cc(CCN(C)C)c(C/C=C(\C)CCCC(C)C(=O)/C=C/C(C)(C)O)cc1O. The fourth-order valence-electron chi connectivity index (χ4n) is 3.25. The Balaban J connectivity index is 2.68. The molecule has 5 heteroatoms. The van der Waals surface area contributed by atoms with Crippen molar-refractivity contribution in [2.24, 2.45) is 5.92 Å². The summed E-state index contributed by atoms with van der Waals surface area (Å²) in [4.78, 5) is 14.3. The number of ketones is 1. The third-order valence-corrected chi connectivity index (χ3v) is 5.35. The molecule has 0 spiro atoms. The number of ether oxygens (including phenoxy) is 1. The molecule has 0 aliphatic rings. The number of phenols is 1. The van der Waals surface area contributed by atoms with Gasteiger partial charge in [0.1, 0.15) is 0 Å². The van der Waals surface area contributed by atoms with Crippen LogP contribution in [0, 0.1) is 5.92 Å². The van der Waals surface area contributed by atoms with Gasteiger partial charge in [-0.3, -0.25) is 4.79 Å². The van der Waals surface area contributed by atoms with Crippen molar-refractivity contribution in [1.29, 1.82) is 0 Å². The topological polar surface area (TPSA) is 70.0 Å². The highest BCUT2D eigenvalue weighted by molar-refractivity contribution is 5.91. The number of rotatable bonds is 13. The number of hydrogen-bond donors (Lipinski definition) is 2. The second kappa shape index (κ2) is 12.7. The first kappa shape index (κ1) is 26.9. The lowest BCUT2D eigenvalue weighted by Crippen LogP contribution is -2.16. The number of aliphatic hydroxyl groups is 1. The maximum Gasteiger partial charge on any atom is 0.160 e. The summed E-state index contributed by atoms with van der Waals surface area (Å²) >= 11 is 0. The number of nitrogens with zero attached hydrogens (tertiary/aromatic N) is 1. The zero-order valence-corrected chi connectivity index (χ0v) is 20.4. The van der Waals surface area contributed by atoms with E-state index in [-0.39, 0.29) is 17.5 Å². The molecular formula is C26H41NO4. The number of likely N-dealkylation sites (N-methyl/N-ethyl adjacent to an activating group) is 1. The van der Waals surface area contributed by atoms with E-state index >= 15 is 0 Å². The number of hydrogen-bond acceptors (Lipinski definition) is 5. The molecule has 0 saturated heterocycles. The lowest BCUT2D eigenvalue weighted by Gasteiger charge is -2.15. The quantitative estimate of drug-likeness (QED) is 0.350. The summed E-state index contributed by atoms with van der Waals surface area (Å²) in [5.74, 6) is 0.685. The van der Waals surface area contributed by atoms with Gasteiger partial charge in [0.05, 0.1) is 12.7 Å². The van der Waals surface area contributed by atoms with Crippen LogP contribution in [0.15, 0.2) is 35.9 Å². The van der Waals surface area contributed by atoms with E-state index in [2.05, 4.69) is 17.9 Å². The van der Waals surface area contributed by atoms with Crippen molar-refractivity contribution in [2.45, 2.75) is 65.4 Å². The van der Waals surface area contributed by atoms with Crippen LogP contribution >= 0.6 is 0 Å². The lowest BCUT2D eigenvalue weighted by atomic mass is 9.95. The highest BCUT2D eigenvalue weighted by Crippen LogP contribution is 2.30. The Kier molecular flexibility index (Phi) is 11.0. The van der Waals surface area contributed by atoms with E-state index in [1.165, 1.54) is 17.2 Å². The van der Waals surface area contributed by atoms with Gasteiger partial charge >= 0.3 is 0 Å². The Morgan fingerprint density at radius 2 is 1.94 bits per heavy atom. The van der Waals surface area contributed by atoms with Crippen molar-refractivity contribution >= 4 is 5.78 Å². The van der Waals surface area contributed by atoms with Crippen LogP contribution in [-0.2, 0) is 17.6 Å². The molecular weight excluding hydrogens is 390 g/mol. The van der Waals surface area contributed by atoms with Gasteiger partial charge in [0.15, 0.2) is 17.3 Å². The first-order valence-corrected chi connectivity index (χ1v) is 11.1. The molecule has 0 radical (unpaired) electrons. The van der Waals surface area contributed by atoms with E-state index in [9.17, 15) is 15.0 Å². The van der Waals surface area contributed by atoms with E-state index in [1.807, 2.05) is 33.2 Å². The Bertz CT molecular complexity index is 772. The number of carbonyl (C=O) groups is 1. The zero-order valence-electron chi connectivity index (χ0n) is 20.4. The maximum absolute atomic E-state index is 12.2. The molecule has 0 saturated carbocycles. The molecule has 0 amide bonds. The second-order valence-corrected chi connectivity index (χ2v) is 9.28. The van der Waals surface area contributed by atoms with Gasteiger partial charge < -0.3 is 19.8 Å². The van der Waals surface area contributed by atoms with Crippen molar-refractivity contribution < 1.29 is 19.7 Å². The molecule has 0 bridgehead atoms. The van der Waals surface area contributed by atoms with E-state index in [0.717, 1.165) is 44.2 Å². The van der Waals surface area contributed by atoms with Gasteiger partial charge in [-0.1, -0.05) is 24.6 Å². The summed E-state index contributed by atoms with van der Waals surface area (Å²) in [5, 5.41) is 19.9. The molecule has 0 aromatic heterocycles. The van der Waals surface area contributed by atoms with Crippen molar-refractivity contribution in [3.63, 3.8) is 0 Å². The first-order chi connectivity index (χ1) is 14.4. The molecule has 1 aromatic rings. The molecule has 0 aliphatic carbocycles. The summed E-state index contributed by atoms with van der Waals surface area (Å²) in [5.41, 5.74) is 2.61. The standard InChI is InChI=1S/C26H41NO4/c1-19(9-8-10-20(2)23(28)13-15-26(3,4)30)11-12-21-17-24(29)25(31-7)18-22(21)14-16-27(5)6/h11,13,15,17-18,20,29-30H,8-10,12,14,16H2,1-7H3/b15-13+,19-11+. The van der Waals surface area contributed by atoms with E-state index in [4.69, 9.17) is 4.74 Å². The Labute approximate surface area is 188 Å². The average Bonchev–Trinajstić information content (AvgIpc) is 2.68. The number of allylic oxidation sites excluding steroid dienone is 3. The number of aromatic hydroxyl groups is 1. The molecule has 0 fully saturated rings. The van der Waals surface area contributed by atoms with Gasteiger partial charge in [-0.2, -0.15) is 0 Å². The zero-order chi connectivity index (χ0) is 23.6. The van der Waals surface area contributed by atoms with Crippen molar-refractivity contribution in [2.75, 3.05) is 27.7 Å². The van der Waals surface area contributed by atoms with Crippen LogP contribution in [0.25, 0.3) is 0 Å². The number of methoxy groups -OCH3 is 1. The molecule has 2 N–H and O–H groups in total. The highest BCUT2D eigenvalue weighted by atomic mass is 16.5. The fourth-order valence-corrected chi connectivity index (χ4v) is 3.25. The second-order valence-electron chi connectivity index (χ2n) is 9.28. The molecule has 1 rings (SSSR count). The highest BCUT2D eigenvalue weighted by Gasteiger charge is 2.13. The maximum atomic E-state index is 12.2. The van der Waals surface area contributed by atoms with E-state index in [0.29, 0.717) is 5.75 Å². The van der Waals surface area contributed by atoms with Gasteiger partial charge in [0, 0.05) is 12.5 Å². The minimum Gasteiger partial charge on any atom is -0.504 e. The Morgan fingerprint density at radius 1 is 1.26 bits per heavy atom. The van der Waals surface area contributed by atoms with E-state index < -0.39 is 5.60 Å². The molecule has 1 aromatic carbocycles. The number of carbonyl (C=O) groups excluding carboxylic acids is 1. The molecule has 1 unspecified atom stereocenters. The summed E-state index contributed by atoms with van der Waals surface area (Å²) < 4.78 is 5.28. The van der Waals surface area contributed by atoms with Crippen molar-refractivity contribution in [3.8, 4) is 11.5 Å². The normalized spacial score (nSPS) is 13.8. The minimum atomic E-state index is -0.962. The molecule has 174 valence electrons. The van der Waals surface area contributed by atoms with Crippen LogP contribution in [0.3, 0.4) is 0 Å². The predicted octanol–water partition coefficient (Wildman–Crippen LogP) is 4.70. The van der Waals surface area contributed by atoms with Crippen molar-refractivity contribution in [1.82, 2.24) is 4.90 Å². The fraction of sp³-hybridized carbons (Fsp3) is 0.577. The number of benzene rings is 1. The van der Waals surface area contributed by atoms with Gasteiger partial charge in [-0.05, 0) is 96.3 Å². The predicted molar refractivity (Wildman–Crippen MR) is 128 cm³/mol. The Hall–Kier alpha value is -2.11. The van der Waals surface area contributed by atoms with Gasteiger partial charge in [0.25, 0.3) is 0 Å². The third-order valence-electron chi connectivity index (χ3n) is 5.35. The van der Waals surface area contributed by atoms with Crippen LogP contribution in [0.5, 0.6) is 11.5 Å². The smallest absolute Gasteiger partial charge is 0.160 e. The van der Waals surface area contributed by atoms with Crippen LogP contribution in [0.2, 0.25) is 0 Å². The summed E-state index contributed by atoms with van der Waals surface area (Å²) in [6.07, 6.45) is 9.60. The van der Waals surface area contributed by atoms with E-state index in [1.54, 1.807) is 27.0 Å². The van der Waals surface area contributed by atoms with Gasteiger partial charge in [-0.15, -0.1) is 0 Å².